The van der Waals surface area contributed by atoms with Crippen molar-refractivity contribution in [2.75, 3.05) is 69.4 Å². The Morgan fingerprint density at radius 2 is 1.60 bits per heavy atom. The molecule has 0 aliphatic carbocycles. The maximum atomic E-state index is 15.7. The number of piperazine rings is 1. The summed E-state index contributed by atoms with van der Waals surface area (Å²) in [5, 5.41) is 21.5. The van der Waals surface area contributed by atoms with Crippen LogP contribution in [0.15, 0.2) is 90.5 Å². The zero-order valence-electron chi connectivity index (χ0n) is 47.1. The van der Waals surface area contributed by atoms with Crippen LogP contribution in [0.5, 0.6) is 5.75 Å². The number of aromatic nitrogens is 6. The van der Waals surface area contributed by atoms with Gasteiger partial charge in [-0.15, -0.1) is 4.68 Å². The molecule has 4 saturated heterocycles. The largest absolute Gasteiger partial charge is 0.493 e. The van der Waals surface area contributed by atoms with Gasteiger partial charge in [-0.25, -0.2) is 32.4 Å². The third-order valence-corrected chi connectivity index (χ3v) is 14.7. The molecule has 2 aromatic heterocycles. The van der Waals surface area contributed by atoms with E-state index < -0.39 is 96.2 Å². The van der Waals surface area contributed by atoms with E-state index in [1.54, 1.807) is 54.8 Å². The van der Waals surface area contributed by atoms with Gasteiger partial charge in [-0.3, -0.25) is 10.1 Å². The quantitative estimate of drug-likeness (QED) is 0.0639. The Kier molecular flexibility index (Phi) is 17.4. The second-order valence-corrected chi connectivity index (χ2v) is 22.5. The predicted octanol–water partition coefficient (Wildman–Crippen LogP) is 5.37. The third-order valence-electron chi connectivity index (χ3n) is 14.7. The summed E-state index contributed by atoms with van der Waals surface area (Å²) in [5.74, 6) is -2.90. The Hall–Kier alpha value is -7.19. The summed E-state index contributed by atoms with van der Waals surface area (Å²) in [5.41, 5.74) is 0.573. The van der Waals surface area contributed by atoms with Gasteiger partial charge in [0.25, 0.3) is 6.33 Å². The van der Waals surface area contributed by atoms with Crippen LogP contribution in [0.2, 0.25) is 0 Å². The van der Waals surface area contributed by atoms with Crippen LogP contribution < -0.4 is 30.1 Å². The molecule has 9 atom stereocenters. The van der Waals surface area contributed by atoms with Gasteiger partial charge in [0.2, 0.25) is 12.6 Å². The van der Waals surface area contributed by atoms with E-state index in [1.807, 2.05) is 55.5 Å². The highest BCUT2D eigenvalue weighted by Gasteiger charge is 2.54. The van der Waals surface area contributed by atoms with Crippen LogP contribution in [0.3, 0.4) is 0 Å². The predicted molar refractivity (Wildman–Crippen MR) is 286 cm³/mol. The van der Waals surface area contributed by atoms with E-state index in [2.05, 4.69) is 25.3 Å². The van der Waals surface area contributed by atoms with Crippen LogP contribution in [-0.2, 0) is 50.1 Å². The average Bonchev–Trinajstić information content (AvgIpc) is 4.29. The van der Waals surface area contributed by atoms with Crippen molar-refractivity contribution in [1.29, 1.82) is 0 Å². The number of aliphatic hydroxyl groups is 1. The van der Waals surface area contributed by atoms with Crippen LogP contribution in [0.25, 0.3) is 5.69 Å². The van der Waals surface area contributed by atoms with Crippen molar-refractivity contribution >= 4 is 29.5 Å². The molecule has 0 radical (unpaired) electrons. The molecular weight excluding hydrogens is 1060 g/mol. The SMILES string of the molecule is CC[C@@H]([C@H](C)O)n1ncn(-c2ccc(N3CCN(c4ccc(OC[C@@H]5CO[C@@](Cn6c[n+](C(C)OC(=O)NC7O[C@@H]8COC(C)(C)O[C@@H]8[C@H]7OC(=O)CN(C)C(=O)OC(C)(C)C)cn6)(c6ccc(F)cc6F)C5)cc4)CC3)cc2)c1=O. The number of carbonyl (C=O) groups is 3. The average molecular weight is 1130 g/mol. The fraction of sp³-hybridized carbons (Fsp3) is 0.554. The lowest BCUT2D eigenvalue weighted by Gasteiger charge is -2.38. The van der Waals surface area contributed by atoms with Crippen LogP contribution in [0, 0.1) is 17.6 Å². The fourth-order valence-corrected chi connectivity index (χ4v) is 10.6. The smallest absolute Gasteiger partial charge is 0.412 e. The van der Waals surface area contributed by atoms with Crippen molar-refractivity contribution in [3.63, 3.8) is 0 Å². The van der Waals surface area contributed by atoms with Gasteiger partial charge in [-0.1, -0.05) is 13.0 Å². The number of nitrogens with zero attached hydrogens (tertiary/aromatic N) is 9. The van der Waals surface area contributed by atoms with Crippen molar-refractivity contribution in [3.8, 4) is 11.4 Å². The number of esters is 1. The molecule has 4 aliphatic rings. The molecule has 2 amide bonds. The van der Waals surface area contributed by atoms with E-state index in [0.29, 0.717) is 24.3 Å². The Morgan fingerprint density at radius 1 is 0.938 bits per heavy atom. The van der Waals surface area contributed by atoms with Gasteiger partial charge in [-0.05, 0) is 109 Å². The van der Waals surface area contributed by atoms with Gasteiger partial charge in [-0.2, -0.15) is 9.67 Å². The lowest BCUT2D eigenvalue weighted by atomic mass is 9.87. The summed E-state index contributed by atoms with van der Waals surface area (Å²) >= 11 is 0. The number of fused-ring (bicyclic) bond motifs is 1. The van der Waals surface area contributed by atoms with E-state index in [1.165, 1.54) is 50.3 Å². The lowest BCUT2D eigenvalue weighted by molar-refractivity contribution is -0.753. The number of hydrogen-bond acceptors (Lipinski definition) is 17. The molecule has 2 N–H and O–H groups in total. The number of hydrogen-bond donors (Lipinski definition) is 2. The van der Waals surface area contributed by atoms with Crippen LogP contribution in [0.1, 0.15) is 86.1 Å². The number of halogens is 2. The first-order chi connectivity index (χ1) is 38.5. The summed E-state index contributed by atoms with van der Waals surface area (Å²) in [6, 6.07) is 18.7. The molecule has 2 unspecified atom stereocenters. The highest BCUT2D eigenvalue weighted by molar-refractivity contribution is 5.78. The second kappa shape index (κ2) is 24.1. The molecule has 4 fully saturated rings. The van der Waals surface area contributed by atoms with E-state index >= 15 is 4.39 Å². The topological polar surface area (TPSA) is 229 Å². The minimum absolute atomic E-state index is 0.0112. The number of rotatable bonds is 18. The Morgan fingerprint density at radius 3 is 2.25 bits per heavy atom. The molecule has 81 heavy (non-hydrogen) atoms. The number of aliphatic hydroxyl groups excluding tert-OH is 1. The fourth-order valence-electron chi connectivity index (χ4n) is 10.6. The first-order valence-electron chi connectivity index (χ1n) is 27.2. The van der Waals surface area contributed by atoms with Gasteiger partial charge in [0, 0.05) is 74.2 Å². The summed E-state index contributed by atoms with van der Waals surface area (Å²) in [6.45, 7) is 16.9. The van der Waals surface area contributed by atoms with Gasteiger partial charge in [0.15, 0.2) is 18.1 Å². The van der Waals surface area contributed by atoms with Crippen molar-refractivity contribution in [3.05, 3.63) is 113 Å². The first kappa shape index (κ1) is 58.5. The monoisotopic (exact) mass is 1130 g/mol. The highest BCUT2D eigenvalue weighted by Crippen LogP contribution is 2.42. The molecule has 0 bridgehead atoms. The van der Waals surface area contributed by atoms with E-state index in [0.717, 1.165) is 48.5 Å². The lowest BCUT2D eigenvalue weighted by Crippen LogP contribution is -2.53. The standard InChI is InChI=1S/C56H72F2N10O13/c1-10-45(35(2)69)68-52(72)67(33-60-68)41-14-12-39(13-15-41)63-21-23-64(24-22-63)40-16-18-42(19-17-40)74-28-37-26-56(76-29-37,43-20-11-38(57)25-44(43)58)31-66-34-65(32-59-66)36(3)77-51(71)61-50-49(48-46(78-50)30-75-55(7,8)80-48)79-47(70)27-62(9)53(73)81-54(4,5)6/h11-20,25,32-37,45-46,48-50,69H,10,21-24,26-31H2,1-9H3/p+1/t35-,36?,37+,45-,46+,48-,49+,50?,56-/m0/s1. The maximum absolute atomic E-state index is 15.7. The zero-order chi connectivity index (χ0) is 58.0. The minimum Gasteiger partial charge on any atom is -0.493 e. The van der Waals surface area contributed by atoms with Gasteiger partial charge in [0.05, 0.1) is 37.7 Å². The van der Waals surface area contributed by atoms with Crippen molar-refractivity contribution in [2.45, 2.75) is 135 Å². The molecule has 6 heterocycles. The number of nitrogens with one attached hydrogen (secondary N) is 1. The highest BCUT2D eigenvalue weighted by atomic mass is 19.1. The molecular formula is C56H73F2N10O13+. The van der Waals surface area contributed by atoms with E-state index in [-0.39, 0.29) is 43.5 Å². The van der Waals surface area contributed by atoms with Gasteiger partial charge >= 0.3 is 23.8 Å². The number of amides is 2. The molecule has 0 spiro atoms. The van der Waals surface area contributed by atoms with Gasteiger partial charge in [0.1, 0.15) is 60.2 Å². The normalized spacial score (nSPS) is 23.7. The Labute approximate surface area is 468 Å². The minimum atomic E-state index is -1.28. The Balaban J connectivity index is 0.780. The molecule has 25 heteroatoms. The van der Waals surface area contributed by atoms with Crippen molar-refractivity contribution in [2.24, 2.45) is 5.92 Å². The third kappa shape index (κ3) is 13.8. The molecule has 9 rings (SSSR count). The van der Waals surface area contributed by atoms with Crippen LogP contribution in [0.4, 0.5) is 29.7 Å². The summed E-state index contributed by atoms with van der Waals surface area (Å²) in [6.07, 6.45) is -1.91. The van der Waals surface area contributed by atoms with E-state index in [9.17, 15) is 28.7 Å². The molecule has 4 aliphatic heterocycles. The number of benzene rings is 3. The molecule has 5 aromatic rings. The molecule has 438 valence electrons. The molecule has 23 nitrogen and oxygen atoms in total. The second-order valence-electron chi connectivity index (χ2n) is 22.5. The Bertz CT molecular complexity index is 3050. The van der Waals surface area contributed by atoms with Crippen LogP contribution >= 0.6 is 0 Å². The maximum Gasteiger partial charge on any atom is 0.412 e. The summed E-state index contributed by atoms with van der Waals surface area (Å²) in [7, 11) is 1.39. The van der Waals surface area contributed by atoms with Gasteiger partial charge < -0.3 is 57.7 Å². The van der Waals surface area contributed by atoms with Crippen LogP contribution in [-0.4, -0.2) is 154 Å². The summed E-state index contributed by atoms with van der Waals surface area (Å²) in [4.78, 5) is 58.1. The van der Waals surface area contributed by atoms with E-state index in [4.69, 9.17) is 37.9 Å². The number of anilines is 2. The summed E-state index contributed by atoms with van der Waals surface area (Å²) < 4.78 is 83.4. The number of likely N-dealkylation sites (N-methyl/N-ethyl adjacent to an activating group) is 1. The van der Waals surface area contributed by atoms with Crippen molar-refractivity contribution in [1.82, 2.24) is 34.3 Å². The number of alkyl carbamates (subject to hydrolysis) is 1. The molecule has 0 saturated carbocycles. The van der Waals surface area contributed by atoms with Crippen molar-refractivity contribution < 1.29 is 70.7 Å². The number of carbonyl (C=O) groups excluding carboxylic acids is 3. The first-order valence-corrected chi connectivity index (χ1v) is 27.2. The number of ether oxygens (including phenoxy) is 8. The molecule has 3 aromatic carbocycles. The zero-order valence-corrected chi connectivity index (χ0v) is 47.1.